The van der Waals surface area contributed by atoms with E-state index in [0.29, 0.717) is 11.4 Å². The minimum atomic E-state index is -0.748. The van der Waals surface area contributed by atoms with Crippen LogP contribution < -0.4 is 16.0 Å². The molecule has 2 aromatic rings. The number of nitro benzene ring substituents is 1. The first-order valence-corrected chi connectivity index (χ1v) is 6.23. The normalized spacial score (nSPS) is 9.64. The topological polar surface area (TPSA) is 113 Å². The predicted octanol–water partition coefficient (Wildman–Crippen LogP) is 2.95. The number of para-hydroxylation sites is 1. The van der Waals surface area contributed by atoms with Gasteiger partial charge in [-0.1, -0.05) is 18.2 Å². The van der Waals surface area contributed by atoms with Crippen molar-refractivity contribution in [1.82, 2.24) is 5.32 Å². The number of carbonyl (C=O) groups is 2. The number of hydrogen-bond acceptors (Lipinski definition) is 4. The third-order valence-corrected chi connectivity index (χ3v) is 2.59. The summed E-state index contributed by atoms with van der Waals surface area (Å²) in [6.45, 7) is 0. The van der Waals surface area contributed by atoms with Crippen LogP contribution in [-0.2, 0) is 0 Å². The maximum atomic E-state index is 11.6. The number of amides is 4. The van der Waals surface area contributed by atoms with Gasteiger partial charge < -0.3 is 10.6 Å². The molecular weight excluding hydrogens is 288 g/mol. The second-order valence-electron chi connectivity index (χ2n) is 4.20. The van der Waals surface area contributed by atoms with Crippen molar-refractivity contribution in [2.75, 3.05) is 10.6 Å². The molecule has 0 heterocycles. The van der Waals surface area contributed by atoms with Gasteiger partial charge in [-0.15, -0.1) is 0 Å². The summed E-state index contributed by atoms with van der Waals surface area (Å²) in [5.74, 6) is 0. The fourth-order valence-corrected chi connectivity index (χ4v) is 1.62. The lowest BCUT2D eigenvalue weighted by Crippen LogP contribution is -2.37. The molecule has 0 atom stereocenters. The molecule has 0 fully saturated rings. The summed E-state index contributed by atoms with van der Waals surface area (Å²) in [5, 5.41) is 17.5. The van der Waals surface area contributed by atoms with E-state index in [4.69, 9.17) is 0 Å². The first-order chi connectivity index (χ1) is 10.5. The van der Waals surface area contributed by atoms with Crippen molar-refractivity contribution >= 4 is 29.1 Å². The first kappa shape index (κ1) is 15.0. The number of anilines is 2. The van der Waals surface area contributed by atoms with Gasteiger partial charge >= 0.3 is 12.1 Å². The van der Waals surface area contributed by atoms with Gasteiger partial charge in [-0.3, -0.25) is 15.4 Å². The van der Waals surface area contributed by atoms with Crippen LogP contribution in [-0.4, -0.2) is 17.0 Å². The lowest BCUT2D eigenvalue weighted by molar-refractivity contribution is -0.384. The molecule has 0 saturated heterocycles. The highest BCUT2D eigenvalue weighted by Crippen LogP contribution is 2.15. The van der Waals surface area contributed by atoms with Crippen LogP contribution in [0.4, 0.5) is 26.7 Å². The first-order valence-electron chi connectivity index (χ1n) is 6.23. The van der Waals surface area contributed by atoms with Crippen molar-refractivity contribution < 1.29 is 14.5 Å². The maximum absolute atomic E-state index is 11.6. The van der Waals surface area contributed by atoms with Crippen LogP contribution in [0.2, 0.25) is 0 Å². The third kappa shape index (κ3) is 4.30. The van der Waals surface area contributed by atoms with Crippen LogP contribution in [0.1, 0.15) is 0 Å². The van der Waals surface area contributed by atoms with Crippen molar-refractivity contribution in [1.29, 1.82) is 0 Å². The molecule has 4 amide bonds. The monoisotopic (exact) mass is 300 g/mol. The fourth-order valence-electron chi connectivity index (χ4n) is 1.62. The standard InChI is InChI=1S/C14H12N4O4/c19-13(15-10-4-2-1-3-5-10)17-14(20)16-11-6-8-12(9-7-11)18(21)22/h1-9H,(H3,15,16,17,19,20). The summed E-state index contributed by atoms with van der Waals surface area (Å²) < 4.78 is 0. The number of rotatable bonds is 3. The molecule has 0 aromatic heterocycles. The Labute approximate surface area is 125 Å². The fraction of sp³-hybridized carbons (Fsp3) is 0. The van der Waals surface area contributed by atoms with Crippen molar-refractivity contribution in [3.05, 3.63) is 64.7 Å². The molecule has 22 heavy (non-hydrogen) atoms. The van der Waals surface area contributed by atoms with E-state index in [1.807, 2.05) is 0 Å². The number of hydrogen-bond donors (Lipinski definition) is 3. The van der Waals surface area contributed by atoms with E-state index in [2.05, 4.69) is 16.0 Å². The maximum Gasteiger partial charge on any atom is 0.327 e. The van der Waals surface area contributed by atoms with E-state index in [9.17, 15) is 19.7 Å². The average molecular weight is 300 g/mol. The van der Waals surface area contributed by atoms with Crippen LogP contribution in [0.25, 0.3) is 0 Å². The SMILES string of the molecule is O=C(NC(=O)Nc1ccc([N+](=O)[O-])cc1)Nc1ccccc1. The van der Waals surface area contributed by atoms with Crippen LogP contribution in [0, 0.1) is 10.1 Å². The van der Waals surface area contributed by atoms with E-state index in [-0.39, 0.29) is 5.69 Å². The minimum Gasteiger partial charge on any atom is -0.308 e. The van der Waals surface area contributed by atoms with Gasteiger partial charge in [-0.25, -0.2) is 9.59 Å². The Morgan fingerprint density at radius 3 is 1.82 bits per heavy atom. The Hall–Kier alpha value is -3.42. The molecule has 0 unspecified atom stereocenters. The molecule has 112 valence electrons. The smallest absolute Gasteiger partial charge is 0.308 e. The highest BCUT2D eigenvalue weighted by Gasteiger charge is 2.09. The van der Waals surface area contributed by atoms with Crippen molar-refractivity contribution in [3.8, 4) is 0 Å². The predicted molar refractivity (Wildman–Crippen MR) is 80.7 cm³/mol. The number of benzene rings is 2. The molecule has 8 heteroatoms. The third-order valence-electron chi connectivity index (χ3n) is 2.59. The quantitative estimate of drug-likeness (QED) is 0.597. The van der Waals surface area contributed by atoms with Crippen molar-refractivity contribution in [3.63, 3.8) is 0 Å². The molecule has 0 aliphatic heterocycles. The summed E-state index contributed by atoms with van der Waals surface area (Å²) in [4.78, 5) is 33.2. The van der Waals surface area contributed by atoms with Crippen LogP contribution in [0.15, 0.2) is 54.6 Å². The van der Waals surface area contributed by atoms with E-state index >= 15 is 0 Å². The van der Waals surface area contributed by atoms with E-state index in [0.717, 1.165) is 0 Å². The summed E-state index contributed by atoms with van der Waals surface area (Å²) in [7, 11) is 0. The van der Waals surface area contributed by atoms with E-state index in [1.165, 1.54) is 24.3 Å². The molecule has 0 radical (unpaired) electrons. The second kappa shape index (κ2) is 6.84. The van der Waals surface area contributed by atoms with Gasteiger partial charge in [-0.2, -0.15) is 0 Å². The van der Waals surface area contributed by atoms with Crippen LogP contribution >= 0.6 is 0 Å². The molecule has 0 bridgehead atoms. The van der Waals surface area contributed by atoms with Gasteiger partial charge in [0.25, 0.3) is 5.69 Å². The molecule has 0 spiro atoms. The highest BCUT2D eigenvalue weighted by molar-refractivity contribution is 6.05. The Morgan fingerprint density at radius 1 is 0.818 bits per heavy atom. The Bertz CT molecular complexity index is 686. The van der Waals surface area contributed by atoms with Gasteiger partial charge in [0.2, 0.25) is 0 Å². The van der Waals surface area contributed by atoms with Crippen LogP contribution in [0.5, 0.6) is 0 Å². The van der Waals surface area contributed by atoms with Crippen LogP contribution in [0.3, 0.4) is 0 Å². The van der Waals surface area contributed by atoms with E-state index in [1.54, 1.807) is 30.3 Å². The number of imide groups is 1. The number of nitrogens with zero attached hydrogens (tertiary/aromatic N) is 1. The van der Waals surface area contributed by atoms with Gasteiger partial charge in [0.15, 0.2) is 0 Å². The number of non-ortho nitro benzene ring substituents is 1. The number of nitro groups is 1. The largest absolute Gasteiger partial charge is 0.327 e. The zero-order chi connectivity index (χ0) is 15.9. The molecule has 2 aromatic carbocycles. The zero-order valence-corrected chi connectivity index (χ0v) is 11.3. The Morgan fingerprint density at radius 2 is 1.32 bits per heavy atom. The molecular formula is C14H12N4O4. The summed E-state index contributed by atoms with van der Waals surface area (Å²) in [6.07, 6.45) is 0. The second-order valence-corrected chi connectivity index (χ2v) is 4.20. The van der Waals surface area contributed by atoms with Crippen molar-refractivity contribution in [2.45, 2.75) is 0 Å². The van der Waals surface area contributed by atoms with E-state index < -0.39 is 17.0 Å². The summed E-state index contributed by atoms with van der Waals surface area (Å²) in [6, 6.07) is 12.4. The molecule has 8 nitrogen and oxygen atoms in total. The average Bonchev–Trinajstić information content (AvgIpc) is 2.48. The molecule has 0 saturated carbocycles. The van der Waals surface area contributed by atoms with Gasteiger partial charge in [-0.05, 0) is 24.3 Å². The highest BCUT2D eigenvalue weighted by atomic mass is 16.6. The van der Waals surface area contributed by atoms with Gasteiger partial charge in [0.05, 0.1) is 4.92 Å². The molecule has 2 rings (SSSR count). The number of nitrogens with one attached hydrogen (secondary N) is 3. The number of urea groups is 2. The zero-order valence-electron chi connectivity index (χ0n) is 11.3. The molecule has 3 N–H and O–H groups in total. The van der Waals surface area contributed by atoms with Gasteiger partial charge in [0, 0.05) is 23.5 Å². The molecule has 0 aliphatic rings. The van der Waals surface area contributed by atoms with Gasteiger partial charge in [0.1, 0.15) is 0 Å². The number of carbonyl (C=O) groups excluding carboxylic acids is 2. The Balaban J connectivity index is 1.87. The summed E-state index contributed by atoms with van der Waals surface area (Å²) in [5.41, 5.74) is 0.784. The van der Waals surface area contributed by atoms with Crippen molar-refractivity contribution in [2.24, 2.45) is 0 Å². The summed E-state index contributed by atoms with van der Waals surface area (Å²) >= 11 is 0. The lowest BCUT2D eigenvalue weighted by atomic mass is 10.3. The molecule has 0 aliphatic carbocycles. The lowest BCUT2D eigenvalue weighted by Gasteiger charge is -2.08. The Kier molecular flexibility index (Phi) is 4.66. The minimum absolute atomic E-state index is 0.0900.